The highest BCUT2D eigenvalue weighted by molar-refractivity contribution is 7.87. The minimum absolute atomic E-state index is 0.279. The molecule has 0 heterocycles. The van der Waals surface area contributed by atoms with Gasteiger partial charge in [0, 0.05) is 26.2 Å². The fourth-order valence-corrected chi connectivity index (χ4v) is 2.40. The highest BCUT2D eigenvalue weighted by atomic mass is 32.2. The highest BCUT2D eigenvalue weighted by Gasteiger charge is 2.28. The van der Waals surface area contributed by atoms with Crippen LogP contribution in [0, 0.1) is 0 Å². The maximum absolute atomic E-state index is 11.9. The number of halogens is 3. The molecule has 1 aliphatic carbocycles. The second kappa shape index (κ2) is 6.87. The molecule has 0 atom stereocenters. The van der Waals surface area contributed by atoms with Crippen molar-refractivity contribution in [1.82, 2.24) is 14.3 Å². The van der Waals surface area contributed by atoms with Gasteiger partial charge >= 0.3 is 6.18 Å². The molecule has 1 fully saturated rings. The Morgan fingerprint density at radius 2 is 1.89 bits per heavy atom. The van der Waals surface area contributed by atoms with E-state index in [1.165, 1.54) is 7.05 Å². The molecule has 0 aliphatic heterocycles. The van der Waals surface area contributed by atoms with E-state index in [9.17, 15) is 21.6 Å². The van der Waals surface area contributed by atoms with Crippen molar-refractivity contribution in [2.75, 3.05) is 26.7 Å². The van der Waals surface area contributed by atoms with Crippen molar-refractivity contribution in [1.29, 1.82) is 0 Å². The van der Waals surface area contributed by atoms with Crippen LogP contribution in [-0.2, 0) is 10.2 Å². The summed E-state index contributed by atoms with van der Waals surface area (Å²) in [7, 11) is -2.46. The van der Waals surface area contributed by atoms with Gasteiger partial charge in [0.1, 0.15) is 0 Å². The van der Waals surface area contributed by atoms with E-state index in [1.807, 2.05) is 4.72 Å². The van der Waals surface area contributed by atoms with Gasteiger partial charge in [-0.05, 0) is 25.8 Å². The summed E-state index contributed by atoms with van der Waals surface area (Å²) in [5.41, 5.74) is 0. The van der Waals surface area contributed by atoms with Gasteiger partial charge in [0.05, 0.1) is 6.42 Å². The Hall–Kier alpha value is -0.380. The van der Waals surface area contributed by atoms with Crippen molar-refractivity contribution < 1.29 is 21.6 Å². The summed E-state index contributed by atoms with van der Waals surface area (Å²) in [4.78, 5) is 0. The third-order valence-corrected chi connectivity index (χ3v) is 4.34. The largest absolute Gasteiger partial charge is 0.390 e. The Labute approximate surface area is 111 Å². The van der Waals surface area contributed by atoms with E-state index in [1.54, 1.807) is 0 Å². The van der Waals surface area contributed by atoms with E-state index in [0.29, 0.717) is 19.0 Å². The van der Waals surface area contributed by atoms with Crippen LogP contribution < -0.4 is 10.0 Å². The Balaban J connectivity index is 2.17. The van der Waals surface area contributed by atoms with Crippen molar-refractivity contribution in [3.05, 3.63) is 0 Å². The lowest BCUT2D eigenvalue weighted by Gasteiger charge is -2.18. The van der Waals surface area contributed by atoms with Crippen LogP contribution in [-0.4, -0.2) is 51.6 Å². The van der Waals surface area contributed by atoms with E-state index in [4.69, 9.17) is 0 Å². The van der Waals surface area contributed by atoms with Gasteiger partial charge in [0.2, 0.25) is 0 Å². The van der Waals surface area contributed by atoms with E-state index in [2.05, 4.69) is 5.32 Å². The van der Waals surface area contributed by atoms with Crippen molar-refractivity contribution in [2.24, 2.45) is 0 Å². The third kappa shape index (κ3) is 7.71. The van der Waals surface area contributed by atoms with E-state index >= 15 is 0 Å². The molecule has 1 saturated carbocycles. The van der Waals surface area contributed by atoms with Gasteiger partial charge in [-0.15, -0.1) is 0 Å². The van der Waals surface area contributed by atoms with E-state index < -0.39 is 29.4 Å². The van der Waals surface area contributed by atoms with Crippen molar-refractivity contribution >= 4 is 10.2 Å². The molecule has 0 unspecified atom stereocenters. The van der Waals surface area contributed by atoms with Gasteiger partial charge in [0.25, 0.3) is 10.2 Å². The smallest absolute Gasteiger partial charge is 0.314 e. The molecular weight excluding hydrogens is 283 g/mol. The Morgan fingerprint density at radius 1 is 1.26 bits per heavy atom. The fourth-order valence-electron chi connectivity index (χ4n) is 1.45. The highest BCUT2D eigenvalue weighted by Crippen LogP contribution is 2.19. The topological polar surface area (TPSA) is 61.4 Å². The van der Waals surface area contributed by atoms with E-state index in [-0.39, 0.29) is 6.54 Å². The molecule has 0 spiro atoms. The molecule has 5 nitrogen and oxygen atoms in total. The van der Waals surface area contributed by atoms with Gasteiger partial charge in [-0.2, -0.15) is 25.9 Å². The van der Waals surface area contributed by atoms with Gasteiger partial charge in [-0.3, -0.25) is 0 Å². The Morgan fingerprint density at radius 3 is 2.42 bits per heavy atom. The van der Waals surface area contributed by atoms with Crippen molar-refractivity contribution in [2.45, 2.75) is 37.9 Å². The zero-order valence-electron chi connectivity index (χ0n) is 10.8. The van der Waals surface area contributed by atoms with Crippen LogP contribution in [0.25, 0.3) is 0 Å². The van der Waals surface area contributed by atoms with Crippen LogP contribution >= 0.6 is 0 Å². The molecule has 0 aromatic carbocycles. The standard InChI is InChI=1S/C10H20F3N3O2S/c1-16(8-2-6-14-9-3-4-9)19(17,18)15-7-5-10(11,12)13/h9,14-15H,2-8H2,1H3. The molecular formula is C10H20F3N3O2S. The summed E-state index contributed by atoms with van der Waals surface area (Å²) >= 11 is 0. The number of hydrogen-bond acceptors (Lipinski definition) is 3. The first kappa shape index (κ1) is 16.7. The molecule has 0 bridgehead atoms. The molecule has 0 radical (unpaired) electrons. The Bertz CT molecular complexity index is 369. The van der Waals surface area contributed by atoms with E-state index in [0.717, 1.165) is 17.1 Å². The molecule has 1 aliphatic rings. The summed E-state index contributed by atoms with van der Waals surface area (Å²) < 4.78 is 61.9. The maximum atomic E-state index is 11.9. The SMILES string of the molecule is CN(CCCNC1CC1)S(=O)(=O)NCCC(F)(F)F. The zero-order valence-corrected chi connectivity index (χ0v) is 11.6. The second-order valence-corrected chi connectivity index (χ2v) is 6.53. The first-order valence-corrected chi connectivity index (χ1v) is 7.66. The monoisotopic (exact) mass is 303 g/mol. The van der Waals surface area contributed by atoms with Gasteiger partial charge in [0.15, 0.2) is 0 Å². The fraction of sp³-hybridized carbons (Fsp3) is 1.00. The molecule has 2 N–H and O–H groups in total. The molecule has 1 rings (SSSR count). The molecule has 0 aromatic rings. The predicted octanol–water partition coefficient (Wildman–Crippen LogP) is 0.847. The minimum Gasteiger partial charge on any atom is -0.314 e. The first-order chi connectivity index (χ1) is 8.71. The summed E-state index contributed by atoms with van der Waals surface area (Å²) in [5, 5.41) is 3.24. The lowest BCUT2D eigenvalue weighted by atomic mass is 10.4. The molecule has 0 saturated heterocycles. The molecule has 114 valence electrons. The summed E-state index contributed by atoms with van der Waals surface area (Å²) in [6.45, 7) is 0.366. The lowest BCUT2D eigenvalue weighted by Crippen LogP contribution is -2.40. The molecule has 0 aromatic heterocycles. The first-order valence-electron chi connectivity index (χ1n) is 6.22. The van der Waals surface area contributed by atoms with Crippen LogP contribution in [0.5, 0.6) is 0 Å². The van der Waals surface area contributed by atoms with Crippen LogP contribution in [0.3, 0.4) is 0 Å². The van der Waals surface area contributed by atoms with Crippen LogP contribution in [0.2, 0.25) is 0 Å². The van der Waals surface area contributed by atoms with Gasteiger partial charge in [-0.25, -0.2) is 4.72 Å². The average molecular weight is 303 g/mol. The normalized spacial score (nSPS) is 17.1. The number of hydrogen-bond donors (Lipinski definition) is 2. The van der Waals surface area contributed by atoms with Gasteiger partial charge < -0.3 is 5.32 Å². The summed E-state index contributed by atoms with van der Waals surface area (Å²) in [6.07, 6.45) is -2.56. The number of nitrogens with one attached hydrogen (secondary N) is 2. The quantitative estimate of drug-likeness (QED) is 0.621. The average Bonchev–Trinajstić information content (AvgIpc) is 3.05. The number of alkyl halides is 3. The number of nitrogens with zero attached hydrogens (tertiary/aromatic N) is 1. The molecule has 9 heteroatoms. The Kier molecular flexibility index (Phi) is 6.03. The summed E-state index contributed by atoms with van der Waals surface area (Å²) in [5.74, 6) is 0. The predicted molar refractivity (Wildman–Crippen MR) is 65.9 cm³/mol. The van der Waals surface area contributed by atoms with Crippen LogP contribution in [0.4, 0.5) is 13.2 Å². The van der Waals surface area contributed by atoms with Gasteiger partial charge in [-0.1, -0.05) is 0 Å². The van der Waals surface area contributed by atoms with Crippen LogP contribution in [0.1, 0.15) is 25.7 Å². The minimum atomic E-state index is -4.35. The molecule has 19 heavy (non-hydrogen) atoms. The second-order valence-electron chi connectivity index (χ2n) is 4.67. The summed E-state index contributed by atoms with van der Waals surface area (Å²) in [6, 6.07) is 0.562. The molecule has 0 amide bonds. The van der Waals surface area contributed by atoms with Crippen LogP contribution in [0.15, 0.2) is 0 Å². The van der Waals surface area contributed by atoms with Crippen molar-refractivity contribution in [3.8, 4) is 0 Å². The zero-order chi connectivity index (χ0) is 14.5. The maximum Gasteiger partial charge on any atom is 0.390 e. The lowest BCUT2D eigenvalue weighted by molar-refractivity contribution is -0.132. The van der Waals surface area contributed by atoms with Crippen molar-refractivity contribution in [3.63, 3.8) is 0 Å². The number of rotatable bonds is 9. The third-order valence-electron chi connectivity index (χ3n) is 2.76.